The van der Waals surface area contributed by atoms with E-state index >= 15 is 0 Å². The molecule has 2 aromatic carbocycles. The van der Waals surface area contributed by atoms with Crippen LogP contribution in [0.2, 0.25) is 0 Å². The lowest BCUT2D eigenvalue weighted by atomic mass is 10.1. The van der Waals surface area contributed by atoms with Gasteiger partial charge in [-0.3, -0.25) is 9.59 Å². The fourth-order valence-corrected chi connectivity index (χ4v) is 3.71. The topological polar surface area (TPSA) is 78.1 Å². The van der Waals surface area contributed by atoms with Gasteiger partial charge in [-0.15, -0.1) is 0 Å². The number of carbonyl (C=O) groups excluding carboxylic acids is 2. The fourth-order valence-electron chi connectivity index (χ4n) is 3.71. The molecule has 0 bridgehead atoms. The van der Waals surface area contributed by atoms with Gasteiger partial charge in [-0.2, -0.15) is 0 Å². The smallest absolute Gasteiger partial charge is 0.274 e. The number of hydrogen-bond donors (Lipinski definition) is 2. The molecule has 1 aliphatic rings. The first-order valence-corrected chi connectivity index (χ1v) is 10.5. The summed E-state index contributed by atoms with van der Waals surface area (Å²) in [4.78, 5) is 33.0. The summed E-state index contributed by atoms with van der Waals surface area (Å²) >= 11 is 0. The molecule has 2 amide bonds. The maximum absolute atomic E-state index is 13.6. The van der Waals surface area contributed by atoms with Gasteiger partial charge in [0.2, 0.25) is 5.91 Å². The van der Waals surface area contributed by atoms with Crippen LogP contribution in [0.15, 0.2) is 60.8 Å². The fraction of sp³-hybridized carbons (Fsp3) is 0.292. The minimum Gasteiger partial charge on any atom is -0.352 e. The zero-order valence-corrected chi connectivity index (χ0v) is 17.5. The Kier molecular flexibility index (Phi) is 6.30. The first kappa shape index (κ1) is 21.7. The third-order valence-electron chi connectivity index (χ3n) is 5.40. The average molecular weight is 438 g/mol. The number of imidazole rings is 1. The Labute approximate surface area is 184 Å². The zero-order chi connectivity index (χ0) is 22.6. The summed E-state index contributed by atoms with van der Waals surface area (Å²) < 4.78 is 27.2. The van der Waals surface area contributed by atoms with Crippen molar-refractivity contribution in [2.45, 2.75) is 31.7 Å². The van der Waals surface area contributed by atoms with Gasteiger partial charge < -0.3 is 15.2 Å². The molecule has 1 fully saturated rings. The summed E-state index contributed by atoms with van der Waals surface area (Å²) in [6.07, 6.45) is 1.86. The molecule has 1 saturated heterocycles. The van der Waals surface area contributed by atoms with Gasteiger partial charge in [0, 0.05) is 31.3 Å². The number of carbonyl (C=O) groups is 2. The summed E-state index contributed by atoms with van der Waals surface area (Å²) in [5, 5.41) is 2.89. The highest BCUT2D eigenvalue weighted by atomic mass is 19.3. The lowest BCUT2D eigenvalue weighted by Gasteiger charge is -2.31. The Morgan fingerprint density at radius 2 is 1.81 bits per heavy atom. The minimum absolute atomic E-state index is 0.0576. The third kappa shape index (κ3) is 5.38. The largest absolute Gasteiger partial charge is 0.352 e. The third-order valence-corrected chi connectivity index (χ3v) is 5.40. The van der Waals surface area contributed by atoms with Gasteiger partial charge in [-0.25, -0.2) is 13.8 Å². The summed E-state index contributed by atoms with van der Waals surface area (Å²) in [5.41, 5.74) is 2.76. The second-order valence-corrected chi connectivity index (χ2v) is 7.96. The SMILES string of the molecule is O=C(Cc1ccccc1)NCc1ccc(-c2nc(C(=O)N3CCCC(F)(F)C3)c[nH]2)cc1. The van der Waals surface area contributed by atoms with Crippen molar-refractivity contribution in [1.29, 1.82) is 0 Å². The molecule has 0 aliphatic carbocycles. The summed E-state index contributed by atoms with van der Waals surface area (Å²) in [6.45, 7) is 0.136. The molecule has 0 unspecified atom stereocenters. The molecule has 4 rings (SSSR count). The van der Waals surface area contributed by atoms with Crippen molar-refractivity contribution >= 4 is 11.8 Å². The molecule has 8 heteroatoms. The number of nitrogens with one attached hydrogen (secondary N) is 2. The summed E-state index contributed by atoms with van der Waals surface area (Å²) in [5.74, 6) is -2.92. The van der Waals surface area contributed by atoms with E-state index in [1.807, 2.05) is 54.6 Å². The highest BCUT2D eigenvalue weighted by Crippen LogP contribution is 2.27. The number of nitrogens with zero attached hydrogens (tertiary/aromatic N) is 2. The van der Waals surface area contributed by atoms with Crippen LogP contribution in [0.1, 0.15) is 34.5 Å². The van der Waals surface area contributed by atoms with E-state index in [0.29, 0.717) is 25.3 Å². The Morgan fingerprint density at radius 3 is 2.53 bits per heavy atom. The van der Waals surface area contributed by atoms with Crippen LogP contribution in [0, 0.1) is 0 Å². The van der Waals surface area contributed by atoms with Crippen LogP contribution < -0.4 is 5.32 Å². The number of likely N-dealkylation sites (tertiary alicyclic amines) is 1. The normalized spacial score (nSPS) is 15.4. The van der Waals surface area contributed by atoms with E-state index in [4.69, 9.17) is 0 Å². The van der Waals surface area contributed by atoms with Crippen LogP contribution in [0.4, 0.5) is 8.78 Å². The van der Waals surface area contributed by atoms with E-state index in [-0.39, 0.29) is 24.4 Å². The maximum atomic E-state index is 13.6. The van der Waals surface area contributed by atoms with Crippen LogP contribution in [-0.4, -0.2) is 45.7 Å². The second-order valence-electron chi connectivity index (χ2n) is 7.96. The molecule has 0 atom stereocenters. The number of rotatable bonds is 6. The number of H-pyrrole nitrogens is 1. The Hall–Kier alpha value is -3.55. The molecule has 6 nitrogen and oxygen atoms in total. The maximum Gasteiger partial charge on any atom is 0.274 e. The molecular formula is C24H24F2N4O2. The van der Waals surface area contributed by atoms with E-state index in [0.717, 1.165) is 21.6 Å². The Morgan fingerprint density at radius 1 is 1.06 bits per heavy atom. The number of benzene rings is 2. The standard InChI is InChI=1S/C24H24F2N4O2/c25-24(26)11-4-12-30(16-24)23(32)20-15-28-22(29-20)19-9-7-18(8-10-19)14-27-21(31)13-17-5-2-1-3-6-17/h1-3,5-10,15H,4,11-14,16H2,(H,27,31)(H,28,29). The van der Waals surface area contributed by atoms with Crippen molar-refractivity contribution in [3.05, 3.63) is 77.6 Å². The van der Waals surface area contributed by atoms with Crippen molar-refractivity contribution in [3.8, 4) is 11.4 Å². The van der Waals surface area contributed by atoms with Crippen molar-refractivity contribution < 1.29 is 18.4 Å². The predicted molar refractivity (Wildman–Crippen MR) is 116 cm³/mol. The number of amides is 2. The van der Waals surface area contributed by atoms with Crippen molar-refractivity contribution in [1.82, 2.24) is 20.2 Å². The molecule has 1 aromatic heterocycles. The second kappa shape index (κ2) is 9.30. The number of aromatic amines is 1. The van der Waals surface area contributed by atoms with Crippen LogP contribution >= 0.6 is 0 Å². The van der Waals surface area contributed by atoms with Gasteiger partial charge in [-0.1, -0.05) is 54.6 Å². The van der Waals surface area contributed by atoms with E-state index in [9.17, 15) is 18.4 Å². The van der Waals surface area contributed by atoms with Crippen molar-refractivity contribution in [2.24, 2.45) is 0 Å². The molecule has 2 N–H and O–H groups in total. The van der Waals surface area contributed by atoms with Crippen LogP contribution in [-0.2, 0) is 17.8 Å². The van der Waals surface area contributed by atoms with Gasteiger partial charge >= 0.3 is 0 Å². The summed E-state index contributed by atoms with van der Waals surface area (Å²) in [6, 6.07) is 16.9. The van der Waals surface area contributed by atoms with E-state index < -0.39 is 18.4 Å². The van der Waals surface area contributed by atoms with Crippen LogP contribution in [0.5, 0.6) is 0 Å². The zero-order valence-electron chi connectivity index (χ0n) is 17.5. The Balaban J connectivity index is 1.34. The molecule has 2 heterocycles. The highest BCUT2D eigenvalue weighted by Gasteiger charge is 2.37. The van der Waals surface area contributed by atoms with Gasteiger partial charge in [0.05, 0.1) is 13.0 Å². The van der Waals surface area contributed by atoms with Crippen molar-refractivity contribution in [3.63, 3.8) is 0 Å². The van der Waals surface area contributed by atoms with E-state index in [1.165, 1.54) is 6.20 Å². The molecular weight excluding hydrogens is 414 g/mol. The lowest BCUT2D eigenvalue weighted by molar-refractivity contribution is -0.120. The first-order valence-electron chi connectivity index (χ1n) is 10.5. The number of aromatic nitrogens is 2. The van der Waals surface area contributed by atoms with E-state index in [2.05, 4.69) is 15.3 Å². The van der Waals surface area contributed by atoms with E-state index in [1.54, 1.807) is 0 Å². The first-order chi connectivity index (χ1) is 15.4. The van der Waals surface area contributed by atoms with Crippen LogP contribution in [0.3, 0.4) is 0 Å². The molecule has 0 spiro atoms. The molecule has 0 saturated carbocycles. The predicted octanol–water partition coefficient (Wildman–Crippen LogP) is 3.81. The Bertz CT molecular complexity index is 1080. The molecule has 166 valence electrons. The molecule has 0 radical (unpaired) electrons. The summed E-state index contributed by atoms with van der Waals surface area (Å²) in [7, 11) is 0. The van der Waals surface area contributed by atoms with Crippen LogP contribution in [0.25, 0.3) is 11.4 Å². The minimum atomic E-state index is -2.85. The lowest BCUT2D eigenvalue weighted by Crippen LogP contribution is -2.45. The highest BCUT2D eigenvalue weighted by molar-refractivity contribution is 5.92. The number of hydrogen-bond acceptors (Lipinski definition) is 3. The van der Waals surface area contributed by atoms with Gasteiger partial charge in [0.25, 0.3) is 11.8 Å². The van der Waals surface area contributed by atoms with Crippen molar-refractivity contribution in [2.75, 3.05) is 13.1 Å². The number of halogens is 2. The van der Waals surface area contributed by atoms with Gasteiger partial charge in [0.1, 0.15) is 11.5 Å². The van der Waals surface area contributed by atoms with Gasteiger partial charge in [-0.05, 0) is 17.5 Å². The van der Waals surface area contributed by atoms with Gasteiger partial charge in [0.15, 0.2) is 0 Å². The quantitative estimate of drug-likeness (QED) is 0.615. The average Bonchev–Trinajstić information content (AvgIpc) is 3.28. The number of alkyl halides is 2. The monoisotopic (exact) mass is 438 g/mol. The molecule has 3 aromatic rings. The number of piperidine rings is 1. The molecule has 32 heavy (non-hydrogen) atoms. The molecule has 1 aliphatic heterocycles.